The van der Waals surface area contributed by atoms with Gasteiger partial charge in [-0.15, -0.1) is 0 Å². The van der Waals surface area contributed by atoms with Crippen molar-refractivity contribution in [3.05, 3.63) is 34.3 Å². The standard InChI is InChI=1S/C14H19BrN2O2/c15-11-3-1-10(2-4-11)9-14(18)17-12-5-7-13(19-16)8-6-12/h1-4,12-13H,5-9,16H2,(H,17,18). The molecule has 1 saturated carbocycles. The second-order valence-corrected chi connectivity index (χ2v) is 5.90. The fourth-order valence-electron chi connectivity index (χ4n) is 2.41. The zero-order valence-corrected chi connectivity index (χ0v) is 12.4. The highest BCUT2D eigenvalue weighted by Crippen LogP contribution is 2.20. The summed E-state index contributed by atoms with van der Waals surface area (Å²) in [4.78, 5) is 16.8. The zero-order valence-electron chi connectivity index (χ0n) is 10.8. The predicted octanol–water partition coefficient (Wildman–Crippen LogP) is 2.31. The van der Waals surface area contributed by atoms with Crippen molar-refractivity contribution in [2.45, 2.75) is 44.2 Å². The molecule has 0 heterocycles. The lowest BCUT2D eigenvalue weighted by Crippen LogP contribution is -2.40. The molecule has 19 heavy (non-hydrogen) atoms. The van der Waals surface area contributed by atoms with Crippen LogP contribution in [0.2, 0.25) is 0 Å². The summed E-state index contributed by atoms with van der Waals surface area (Å²) in [5.41, 5.74) is 1.03. The van der Waals surface area contributed by atoms with Gasteiger partial charge in [0.2, 0.25) is 5.91 Å². The third-order valence-corrected chi connectivity index (χ3v) is 4.04. The van der Waals surface area contributed by atoms with E-state index < -0.39 is 0 Å². The van der Waals surface area contributed by atoms with Gasteiger partial charge >= 0.3 is 0 Å². The molecule has 0 aliphatic heterocycles. The maximum atomic E-state index is 11.9. The Kier molecular flexibility index (Phi) is 5.36. The summed E-state index contributed by atoms with van der Waals surface area (Å²) in [6.07, 6.45) is 4.29. The highest BCUT2D eigenvalue weighted by atomic mass is 79.9. The van der Waals surface area contributed by atoms with Crippen molar-refractivity contribution < 1.29 is 9.63 Å². The highest BCUT2D eigenvalue weighted by Gasteiger charge is 2.22. The lowest BCUT2D eigenvalue weighted by Gasteiger charge is -2.27. The van der Waals surface area contributed by atoms with Crippen LogP contribution in [0.3, 0.4) is 0 Å². The van der Waals surface area contributed by atoms with Gasteiger partial charge < -0.3 is 10.2 Å². The first-order valence-electron chi connectivity index (χ1n) is 6.56. The summed E-state index contributed by atoms with van der Waals surface area (Å²) < 4.78 is 1.02. The van der Waals surface area contributed by atoms with E-state index in [-0.39, 0.29) is 18.1 Å². The molecule has 4 nitrogen and oxygen atoms in total. The molecular formula is C14H19BrN2O2. The van der Waals surface area contributed by atoms with Crippen LogP contribution in [-0.2, 0) is 16.1 Å². The monoisotopic (exact) mass is 326 g/mol. The molecule has 3 N–H and O–H groups in total. The van der Waals surface area contributed by atoms with E-state index in [4.69, 9.17) is 10.7 Å². The van der Waals surface area contributed by atoms with Crippen molar-refractivity contribution in [2.24, 2.45) is 5.90 Å². The average Bonchev–Trinajstić information content (AvgIpc) is 2.42. The molecule has 1 aliphatic rings. The topological polar surface area (TPSA) is 64.3 Å². The minimum Gasteiger partial charge on any atom is -0.353 e. The first-order chi connectivity index (χ1) is 9.17. The Morgan fingerprint density at radius 2 is 1.89 bits per heavy atom. The molecule has 0 bridgehead atoms. The molecule has 0 unspecified atom stereocenters. The van der Waals surface area contributed by atoms with Gasteiger partial charge in [0.05, 0.1) is 12.5 Å². The number of benzene rings is 1. The van der Waals surface area contributed by atoms with Crippen LogP contribution in [0.25, 0.3) is 0 Å². The van der Waals surface area contributed by atoms with Crippen molar-refractivity contribution in [1.82, 2.24) is 5.32 Å². The second kappa shape index (κ2) is 7.03. The van der Waals surface area contributed by atoms with Crippen LogP contribution < -0.4 is 11.2 Å². The number of nitrogens with one attached hydrogen (secondary N) is 1. The van der Waals surface area contributed by atoms with Crippen molar-refractivity contribution >= 4 is 21.8 Å². The Labute approximate surface area is 121 Å². The van der Waals surface area contributed by atoms with Gasteiger partial charge in [0, 0.05) is 10.5 Å². The van der Waals surface area contributed by atoms with Gasteiger partial charge in [-0.2, -0.15) is 0 Å². The number of amides is 1. The molecule has 0 radical (unpaired) electrons. The quantitative estimate of drug-likeness (QED) is 0.834. The molecule has 0 aromatic heterocycles. The molecule has 2 rings (SSSR count). The normalized spacial score (nSPS) is 23.1. The van der Waals surface area contributed by atoms with E-state index in [0.29, 0.717) is 6.42 Å². The Hall–Kier alpha value is -0.910. The maximum absolute atomic E-state index is 11.9. The molecule has 1 amide bonds. The molecule has 0 atom stereocenters. The first kappa shape index (κ1) is 14.5. The second-order valence-electron chi connectivity index (χ2n) is 4.98. The predicted molar refractivity (Wildman–Crippen MR) is 77.3 cm³/mol. The van der Waals surface area contributed by atoms with Gasteiger partial charge in [0.15, 0.2) is 0 Å². The number of hydrogen-bond donors (Lipinski definition) is 2. The lowest BCUT2D eigenvalue weighted by molar-refractivity contribution is -0.121. The van der Waals surface area contributed by atoms with Gasteiger partial charge in [-0.3, -0.25) is 4.79 Å². The molecular weight excluding hydrogens is 308 g/mol. The fraction of sp³-hybridized carbons (Fsp3) is 0.500. The molecule has 1 aromatic rings. The van der Waals surface area contributed by atoms with Crippen molar-refractivity contribution in [3.63, 3.8) is 0 Å². The van der Waals surface area contributed by atoms with E-state index in [2.05, 4.69) is 21.2 Å². The number of rotatable bonds is 4. The van der Waals surface area contributed by atoms with E-state index in [0.717, 1.165) is 35.7 Å². The number of carbonyl (C=O) groups excluding carboxylic acids is 1. The van der Waals surface area contributed by atoms with E-state index in [1.807, 2.05) is 24.3 Å². The van der Waals surface area contributed by atoms with Crippen molar-refractivity contribution in [3.8, 4) is 0 Å². The third-order valence-electron chi connectivity index (χ3n) is 3.51. The largest absolute Gasteiger partial charge is 0.353 e. The summed E-state index contributed by atoms with van der Waals surface area (Å²) >= 11 is 3.38. The van der Waals surface area contributed by atoms with Gasteiger partial charge in [0.1, 0.15) is 0 Å². The van der Waals surface area contributed by atoms with Crippen LogP contribution in [0.1, 0.15) is 31.2 Å². The third kappa shape index (κ3) is 4.60. The van der Waals surface area contributed by atoms with Crippen LogP contribution in [0.4, 0.5) is 0 Å². The van der Waals surface area contributed by atoms with Gasteiger partial charge in [-0.1, -0.05) is 28.1 Å². The van der Waals surface area contributed by atoms with Crippen LogP contribution >= 0.6 is 15.9 Å². The Balaban J connectivity index is 1.77. The molecule has 0 spiro atoms. The average molecular weight is 327 g/mol. The Morgan fingerprint density at radius 3 is 2.47 bits per heavy atom. The smallest absolute Gasteiger partial charge is 0.224 e. The van der Waals surface area contributed by atoms with Crippen LogP contribution in [0.5, 0.6) is 0 Å². The number of hydrogen-bond acceptors (Lipinski definition) is 3. The molecule has 1 aromatic carbocycles. The number of halogens is 1. The molecule has 1 aliphatic carbocycles. The minimum absolute atomic E-state index is 0.0828. The number of carbonyl (C=O) groups is 1. The van der Waals surface area contributed by atoms with Crippen LogP contribution in [0.15, 0.2) is 28.7 Å². The molecule has 5 heteroatoms. The lowest BCUT2D eigenvalue weighted by atomic mass is 9.93. The zero-order chi connectivity index (χ0) is 13.7. The summed E-state index contributed by atoms with van der Waals surface area (Å²) in [6, 6.07) is 8.08. The van der Waals surface area contributed by atoms with Crippen LogP contribution in [-0.4, -0.2) is 18.1 Å². The first-order valence-corrected chi connectivity index (χ1v) is 7.36. The van der Waals surface area contributed by atoms with Crippen molar-refractivity contribution in [2.75, 3.05) is 0 Å². The minimum atomic E-state index is 0.0828. The van der Waals surface area contributed by atoms with E-state index in [1.165, 1.54) is 0 Å². The SMILES string of the molecule is NOC1CCC(NC(=O)Cc2ccc(Br)cc2)CC1. The maximum Gasteiger partial charge on any atom is 0.224 e. The summed E-state index contributed by atoms with van der Waals surface area (Å²) in [5.74, 6) is 5.26. The fourth-order valence-corrected chi connectivity index (χ4v) is 2.67. The van der Waals surface area contributed by atoms with Crippen molar-refractivity contribution in [1.29, 1.82) is 0 Å². The van der Waals surface area contributed by atoms with E-state index >= 15 is 0 Å². The van der Waals surface area contributed by atoms with E-state index in [9.17, 15) is 4.79 Å². The molecule has 0 saturated heterocycles. The highest BCUT2D eigenvalue weighted by molar-refractivity contribution is 9.10. The van der Waals surface area contributed by atoms with E-state index in [1.54, 1.807) is 0 Å². The summed E-state index contributed by atoms with van der Waals surface area (Å²) in [6.45, 7) is 0. The van der Waals surface area contributed by atoms with Gasteiger partial charge in [-0.25, -0.2) is 5.90 Å². The summed E-state index contributed by atoms with van der Waals surface area (Å²) in [5, 5.41) is 3.08. The van der Waals surface area contributed by atoms with Crippen LogP contribution in [0, 0.1) is 0 Å². The molecule has 1 fully saturated rings. The Morgan fingerprint density at radius 1 is 1.26 bits per heavy atom. The summed E-state index contributed by atoms with van der Waals surface area (Å²) in [7, 11) is 0. The molecule has 104 valence electrons. The van der Waals surface area contributed by atoms with Gasteiger partial charge in [0.25, 0.3) is 0 Å². The Bertz CT molecular complexity index is 414. The van der Waals surface area contributed by atoms with Gasteiger partial charge in [-0.05, 0) is 43.4 Å². The number of nitrogens with two attached hydrogens (primary N) is 1.